The van der Waals surface area contributed by atoms with Crippen LogP contribution in [0.25, 0.3) is 16.1 Å². The van der Waals surface area contributed by atoms with E-state index in [1.54, 1.807) is 12.1 Å². The van der Waals surface area contributed by atoms with Crippen LogP contribution in [-0.2, 0) is 4.74 Å². The summed E-state index contributed by atoms with van der Waals surface area (Å²) in [5.41, 5.74) is 3.56. The van der Waals surface area contributed by atoms with Gasteiger partial charge in [0.25, 0.3) is 0 Å². The lowest BCUT2D eigenvalue weighted by molar-refractivity contribution is 0.0881. The van der Waals surface area contributed by atoms with Crippen LogP contribution in [0.15, 0.2) is 30.4 Å². The summed E-state index contributed by atoms with van der Waals surface area (Å²) in [4.78, 5) is 5.69. The number of phenolic OH excluding ortho intramolecular Hbond substituents is 1. The van der Waals surface area contributed by atoms with Gasteiger partial charge in [-0.05, 0) is 32.5 Å². The minimum Gasteiger partial charge on any atom is -0.509 e. The van der Waals surface area contributed by atoms with E-state index in [9.17, 15) is 5.11 Å². The summed E-state index contributed by atoms with van der Waals surface area (Å²) in [6, 6.07) is 5.21. The predicted octanol–water partition coefficient (Wildman–Crippen LogP) is 3.59. The smallest absolute Gasteiger partial charge is 0.190 e. The first-order chi connectivity index (χ1) is 13.6. The van der Waals surface area contributed by atoms with E-state index in [0.717, 1.165) is 42.9 Å². The third-order valence-corrected chi connectivity index (χ3v) is 5.70. The van der Waals surface area contributed by atoms with Gasteiger partial charge < -0.3 is 20.1 Å². The van der Waals surface area contributed by atoms with Crippen molar-refractivity contribution in [2.24, 2.45) is 0 Å². The number of aromatic nitrogens is 2. The fourth-order valence-corrected chi connectivity index (χ4v) is 4.39. The van der Waals surface area contributed by atoms with Gasteiger partial charge in [-0.1, -0.05) is 24.3 Å². The second-order valence-electron chi connectivity index (χ2n) is 7.65. The van der Waals surface area contributed by atoms with E-state index in [0.29, 0.717) is 23.0 Å². The van der Waals surface area contributed by atoms with Crippen LogP contribution in [0, 0.1) is 6.57 Å². The Morgan fingerprint density at radius 1 is 1.25 bits per heavy atom. The van der Waals surface area contributed by atoms with Crippen LogP contribution in [0.1, 0.15) is 36.2 Å². The molecule has 0 radical (unpaired) electrons. The largest absolute Gasteiger partial charge is 0.509 e. The van der Waals surface area contributed by atoms with Crippen LogP contribution in [0.3, 0.4) is 0 Å². The Bertz CT molecular complexity index is 1010. The molecule has 7 nitrogen and oxygen atoms in total. The Kier molecular flexibility index (Phi) is 4.04. The molecule has 1 aromatic carbocycles. The van der Waals surface area contributed by atoms with Crippen molar-refractivity contribution in [1.82, 2.24) is 15.1 Å². The van der Waals surface area contributed by atoms with Gasteiger partial charge in [0, 0.05) is 29.3 Å². The molecular weight excluding hydrogens is 354 g/mol. The maximum absolute atomic E-state index is 10.4. The SMILES string of the molecule is [C-]#[N+]c1ccc(-c2nnc(N[C@@H]3CCCN(C)C3)c3c2C2C=CC3O2)c(O)c1. The molecule has 1 aromatic heterocycles. The van der Waals surface area contributed by atoms with Crippen LogP contribution in [0.5, 0.6) is 5.75 Å². The zero-order valence-electron chi connectivity index (χ0n) is 15.6. The lowest BCUT2D eigenvalue weighted by Gasteiger charge is -2.31. The maximum atomic E-state index is 10.4. The van der Waals surface area contributed by atoms with E-state index >= 15 is 0 Å². The summed E-state index contributed by atoms with van der Waals surface area (Å²) in [7, 11) is 2.14. The number of likely N-dealkylation sites (tertiary alicyclic amines) is 1. The second kappa shape index (κ2) is 6.59. The van der Waals surface area contributed by atoms with Crippen molar-refractivity contribution < 1.29 is 9.84 Å². The number of aromatic hydroxyl groups is 1. The number of nitrogens with zero attached hydrogens (tertiary/aromatic N) is 4. The number of hydrogen-bond acceptors (Lipinski definition) is 6. The molecule has 1 fully saturated rings. The molecule has 2 N–H and O–H groups in total. The summed E-state index contributed by atoms with van der Waals surface area (Å²) in [5.74, 6) is 0.805. The van der Waals surface area contributed by atoms with Gasteiger partial charge in [0.15, 0.2) is 11.5 Å². The Balaban J connectivity index is 1.56. The van der Waals surface area contributed by atoms with Crippen molar-refractivity contribution in [3.8, 4) is 17.0 Å². The number of rotatable bonds is 3. The molecule has 2 unspecified atom stereocenters. The zero-order chi connectivity index (χ0) is 19.3. The molecule has 3 aliphatic heterocycles. The van der Waals surface area contributed by atoms with E-state index in [-0.39, 0.29) is 18.0 Å². The van der Waals surface area contributed by atoms with Gasteiger partial charge in [0.05, 0.1) is 6.57 Å². The van der Waals surface area contributed by atoms with Crippen LogP contribution in [-0.4, -0.2) is 46.4 Å². The molecule has 7 heteroatoms. The van der Waals surface area contributed by atoms with E-state index < -0.39 is 0 Å². The number of phenols is 1. The molecule has 0 aliphatic carbocycles. The minimum absolute atomic E-state index is 0.0337. The van der Waals surface area contributed by atoms with Crippen molar-refractivity contribution in [2.75, 3.05) is 25.5 Å². The number of hydrogen-bond donors (Lipinski definition) is 2. The van der Waals surface area contributed by atoms with Gasteiger partial charge in [0.1, 0.15) is 23.7 Å². The summed E-state index contributed by atoms with van der Waals surface area (Å²) in [6.07, 6.45) is 6.03. The summed E-state index contributed by atoms with van der Waals surface area (Å²) in [5, 5.41) is 23.0. The third-order valence-electron chi connectivity index (χ3n) is 5.70. The molecule has 0 spiro atoms. The second-order valence-corrected chi connectivity index (χ2v) is 7.65. The van der Waals surface area contributed by atoms with E-state index in [1.165, 1.54) is 6.07 Å². The molecular formula is C21H21N5O2. The van der Waals surface area contributed by atoms with Crippen LogP contribution >= 0.6 is 0 Å². The van der Waals surface area contributed by atoms with Gasteiger partial charge in [-0.15, -0.1) is 10.2 Å². The van der Waals surface area contributed by atoms with Crippen molar-refractivity contribution in [3.63, 3.8) is 0 Å². The van der Waals surface area contributed by atoms with Crippen LogP contribution in [0.4, 0.5) is 11.5 Å². The van der Waals surface area contributed by atoms with Crippen molar-refractivity contribution in [3.05, 3.63) is 52.9 Å². The van der Waals surface area contributed by atoms with Gasteiger partial charge in [-0.2, -0.15) is 0 Å². The van der Waals surface area contributed by atoms with E-state index in [1.807, 2.05) is 6.08 Å². The highest BCUT2D eigenvalue weighted by molar-refractivity contribution is 5.77. The monoisotopic (exact) mass is 375 g/mol. The molecule has 5 rings (SSSR count). The number of nitrogens with one attached hydrogen (secondary N) is 1. The minimum atomic E-state index is -0.181. The standard InChI is InChI=1S/C21H21N5O2/c1-22-12-5-6-14(15(27)10-12)20-18-16-7-8-17(28-16)19(18)21(25-24-20)23-13-4-3-9-26(2)11-13/h5-8,10,13,16-17,27H,3-4,9,11H2,2H3,(H,23,25)/t13-,16?,17?/m1/s1. The lowest BCUT2D eigenvalue weighted by atomic mass is 9.92. The van der Waals surface area contributed by atoms with Crippen molar-refractivity contribution in [1.29, 1.82) is 0 Å². The molecule has 2 bridgehead atoms. The molecule has 0 amide bonds. The normalized spacial score (nSPS) is 25.5. The average Bonchev–Trinajstić information content (AvgIpc) is 3.31. The van der Waals surface area contributed by atoms with Crippen LogP contribution < -0.4 is 5.32 Å². The topological polar surface area (TPSA) is 74.9 Å². The number of fused-ring (bicyclic) bond motifs is 5. The summed E-state index contributed by atoms with van der Waals surface area (Å²) < 4.78 is 6.07. The molecule has 28 heavy (non-hydrogen) atoms. The Morgan fingerprint density at radius 2 is 2.07 bits per heavy atom. The van der Waals surface area contributed by atoms with Crippen molar-refractivity contribution in [2.45, 2.75) is 31.1 Å². The molecule has 3 aliphatic rings. The molecule has 3 atom stereocenters. The zero-order valence-corrected chi connectivity index (χ0v) is 15.6. The average molecular weight is 375 g/mol. The molecule has 4 heterocycles. The van der Waals surface area contributed by atoms with Gasteiger partial charge in [-0.3, -0.25) is 0 Å². The predicted molar refractivity (Wildman–Crippen MR) is 105 cm³/mol. The highest BCUT2D eigenvalue weighted by atomic mass is 16.5. The fourth-order valence-electron chi connectivity index (χ4n) is 4.39. The van der Waals surface area contributed by atoms with Gasteiger partial charge in [0.2, 0.25) is 0 Å². The Morgan fingerprint density at radius 3 is 2.82 bits per heavy atom. The number of piperidine rings is 1. The number of benzene rings is 1. The summed E-state index contributed by atoms with van der Waals surface area (Å²) in [6.45, 7) is 9.21. The van der Waals surface area contributed by atoms with Crippen LogP contribution in [0.2, 0.25) is 0 Å². The number of ether oxygens (including phenoxy) is 1. The summed E-state index contributed by atoms with van der Waals surface area (Å²) >= 11 is 0. The van der Waals surface area contributed by atoms with Gasteiger partial charge in [-0.25, -0.2) is 4.85 Å². The van der Waals surface area contributed by atoms with Crippen molar-refractivity contribution >= 4 is 11.5 Å². The fraction of sp³-hybridized carbons (Fsp3) is 0.381. The molecule has 0 saturated carbocycles. The third kappa shape index (κ3) is 2.73. The highest BCUT2D eigenvalue weighted by Crippen LogP contribution is 2.52. The van der Waals surface area contributed by atoms with Gasteiger partial charge >= 0.3 is 0 Å². The van der Waals surface area contributed by atoms with E-state index in [4.69, 9.17) is 11.3 Å². The first-order valence-corrected chi connectivity index (χ1v) is 9.54. The molecule has 2 aromatic rings. The Hall–Kier alpha value is -2.95. The first-order valence-electron chi connectivity index (χ1n) is 9.54. The maximum Gasteiger partial charge on any atom is 0.190 e. The Labute approximate surface area is 163 Å². The highest BCUT2D eigenvalue weighted by Gasteiger charge is 2.40. The molecule has 1 saturated heterocycles. The van der Waals surface area contributed by atoms with E-state index in [2.05, 4.69) is 38.4 Å². The lowest BCUT2D eigenvalue weighted by Crippen LogP contribution is -2.40. The number of anilines is 1. The first kappa shape index (κ1) is 17.2. The number of likely N-dealkylation sites (N-methyl/N-ethyl adjacent to an activating group) is 1. The molecule has 142 valence electrons. The quantitative estimate of drug-likeness (QED) is 0.631.